The summed E-state index contributed by atoms with van der Waals surface area (Å²) in [7, 11) is 5.25. The molecule has 0 saturated heterocycles. The van der Waals surface area contributed by atoms with Crippen LogP contribution >= 0.6 is 24.0 Å². The van der Waals surface area contributed by atoms with Crippen molar-refractivity contribution in [3.05, 3.63) is 65.2 Å². The Morgan fingerprint density at radius 2 is 1.42 bits per heavy atom. The zero-order chi connectivity index (χ0) is 23.3. The molecule has 2 rings (SSSR count). The monoisotopic (exact) mass is 567 g/mol. The number of nitrogens with zero attached hydrogens (tertiary/aromatic N) is 3. The van der Waals surface area contributed by atoms with E-state index in [1.807, 2.05) is 36.4 Å². The van der Waals surface area contributed by atoms with Crippen LogP contribution in [0.5, 0.6) is 5.75 Å². The largest absolute Gasteiger partial charge is 0.492 e. The molecule has 0 unspecified atom stereocenters. The third-order valence-electron chi connectivity index (χ3n) is 5.24. The lowest BCUT2D eigenvalue weighted by atomic mass is 10.1. The maximum Gasteiger partial charge on any atom is 0.253 e. The zero-order valence-electron chi connectivity index (χ0n) is 20.4. The molecule has 7 nitrogen and oxygen atoms in total. The smallest absolute Gasteiger partial charge is 0.253 e. The predicted octanol–water partition coefficient (Wildman–Crippen LogP) is 3.59. The van der Waals surface area contributed by atoms with E-state index < -0.39 is 0 Å². The van der Waals surface area contributed by atoms with Gasteiger partial charge in [0.1, 0.15) is 12.4 Å². The molecule has 0 heterocycles. The van der Waals surface area contributed by atoms with Crippen LogP contribution in [0.1, 0.15) is 35.3 Å². The van der Waals surface area contributed by atoms with E-state index in [1.165, 1.54) is 0 Å². The van der Waals surface area contributed by atoms with E-state index in [1.54, 1.807) is 26.0 Å². The van der Waals surface area contributed by atoms with Crippen molar-refractivity contribution in [3.8, 4) is 5.75 Å². The Balaban J connectivity index is 0.00000544. The van der Waals surface area contributed by atoms with Crippen LogP contribution in [0.2, 0.25) is 0 Å². The molecule has 0 atom stereocenters. The minimum absolute atomic E-state index is 0. The number of amides is 1. The Kier molecular flexibility index (Phi) is 13.5. The lowest BCUT2D eigenvalue weighted by molar-refractivity contribution is 0.0827. The molecule has 0 saturated carbocycles. The molecule has 2 N–H and O–H groups in total. The molecule has 0 bridgehead atoms. The molecule has 0 aromatic heterocycles. The van der Waals surface area contributed by atoms with Gasteiger partial charge in [-0.2, -0.15) is 0 Å². The first kappa shape index (κ1) is 28.7. The second-order valence-corrected chi connectivity index (χ2v) is 7.70. The van der Waals surface area contributed by atoms with Gasteiger partial charge in [-0.3, -0.25) is 9.79 Å². The molecule has 0 aliphatic heterocycles. The fourth-order valence-electron chi connectivity index (χ4n) is 3.15. The summed E-state index contributed by atoms with van der Waals surface area (Å²) >= 11 is 0. The summed E-state index contributed by atoms with van der Waals surface area (Å²) in [6.07, 6.45) is 0. The standard InChI is InChI=1S/C25H37N5O2.HI/c1-6-30(7-2)16-17-32-23-14-10-21(11-15-23)19-28-25(26-3)27-18-20-8-12-22(13-9-20)24(31)29(4)5;/h8-15H,6-7,16-19H2,1-5H3,(H2,26,27,28);1H. The van der Waals surface area contributed by atoms with Crippen molar-refractivity contribution < 1.29 is 9.53 Å². The molecule has 1 amide bonds. The third kappa shape index (κ3) is 10.00. The van der Waals surface area contributed by atoms with Gasteiger partial charge >= 0.3 is 0 Å². The number of hydrogen-bond acceptors (Lipinski definition) is 4. The van der Waals surface area contributed by atoms with Crippen LogP contribution in [-0.4, -0.2) is 69.1 Å². The fraction of sp³-hybridized carbons (Fsp3) is 0.440. The summed E-state index contributed by atoms with van der Waals surface area (Å²) in [5.41, 5.74) is 2.91. The number of carbonyl (C=O) groups is 1. The van der Waals surface area contributed by atoms with Gasteiger partial charge in [-0.25, -0.2) is 0 Å². The molecule has 2 aromatic carbocycles. The van der Waals surface area contributed by atoms with Gasteiger partial charge in [0.2, 0.25) is 0 Å². The minimum atomic E-state index is 0. The van der Waals surface area contributed by atoms with E-state index in [2.05, 4.69) is 46.5 Å². The van der Waals surface area contributed by atoms with E-state index in [-0.39, 0.29) is 29.9 Å². The van der Waals surface area contributed by atoms with Gasteiger partial charge in [0.05, 0.1) is 0 Å². The molecule has 2 aromatic rings. The van der Waals surface area contributed by atoms with Crippen LogP contribution in [0.4, 0.5) is 0 Å². The highest BCUT2D eigenvalue weighted by molar-refractivity contribution is 14.0. The Morgan fingerprint density at radius 1 is 0.909 bits per heavy atom. The number of nitrogens with one attached hydrogen (secondary N) is 2. The van der Waals surface area contributed by atoms with Gasteiger partial charge in [-0.1, -0.05) is 38.1 Å². The summed E-state index contributed by atoms with van der Waals surface area (Å²) in [5.74, 6) is 1.61. The third-order valence-corrected chi connectivity index (χ3v) is 5.24. The van der Waals surface area contributed by atoms with Crippen LogP contribution in [0.15, 0.2) is 53.5 Å². The number of halogens is 1. The predicted molar refractivity (Wildman–Crippen MR) is 147 cm³/mol. The van der Waals surface area contributed by atoms with Crippen molar-refractivity contribution in [1.82, 2.24) is 20.4 Å². The summed E-state index contributed by atoms with van der Waals surface area (Å²) in [6.45, 7) is 9.33. The molecule has 182 valence electrons. The number of rotatable bonds is 11. The molecule has 0 fully saturated rings. The van der Waals surface area contributed by atoms with Crippen LogP contribution in [0.25, 0.3) is 0 Å². The quantitative estimate of drug-likeness (QED) is 0.247. The van der Waals surface area contributed by atoms with E-state index in [4.69, 9.17) is 4.74 Å². The molecular weight excluding hydrogens is 529 g/mol. The van der Waals surface area contributed by atoms with E-state index in [0.29, 0.717) is 25.3 Å². The highest BCUT2D eigenvalue weighted by Gasteiger charge is 2.07. The topological polar surface area (TPSA) is 69.2 Å². The van der Waals surface area contributed by atoms with E-state index in [9.17, 15) is 4.79 Å². The fourth-order valence-corrected chi connectivity index (χ4v) is 3.15. The molecular formula is C25H38IN5O2. The van der Waals surface area contributed by atoms with Crippen molar-refractivity contribution in [3.63, 3.8) is 0 Å². The average Bonchev–Trinajstić information content (AvgIpc) is 2.82. The number of hydrogen-bond donors (Lipinski definition) is 2. The van der Waals surface area contributed by atoms with Crippen molar-refractivity contribution in [2.75, 3.05) is 47.4 Å². The average molecular weight is 568 g/mol. The molecule has 8 heteroatoms. The van der Waals surface area contributed by atoms with Crippen LogP contribution < -0.4 is 15.4 Å². The highest BCUT2D eigenvalue weighted by Crippen LogP contribution is 2.12. The van der Waals surface area contributed by atoms with Crippen molar-refractivity contribution in [2.45, 2.75) is 26.9 Å². The second kappa shape index (κ2) is 15.5. The number of carbonyl (C=O) groups excluding carboxylic acids is 1. The second-order valence-electron chi connectivity index (χ2n) is 7.70. The Labute approximate surface area is 215 Å². The van der Waals surface area contributed by atoms with E-state index in [0.717, 1.165) is 42.5 Å². The minimum Gasteiger partial charge on any atom is -0.492 e. The highest BCUT2D eigenvalue weighted by atomic mass is 127. The summed E-state index contributed by atoms with van der Waals surface area (Å²) in [5, 5.41) is 6.63. The number of likely N-dealkylation sites (N-methyl/N-ethyl adjacent to an activating group) is 1. The Morgan fingerprint density at radius 3 is 1.88 bits per heavy atom. The lowest BCUT2D eigenvalue weighted by Crippen LogP contribution is -2.36. The van der Waals surface area contributed by atoms with Gasteiger partial charge in [-0.15, -0.1) is 24.0 Å². The van der Waals surface area contributed by atoms with Gasteiger partial charge in [0.15, 0.2) is 5.96 Å². The van der Waals surface area contributed by atoms with Crippen molar-refractivity contribution in [2.24, 2.45) is 4.99 Å². The lowest BCUT2D eigenvalue weighted by Gasteiger charge is -2.18. The maximum absolute atomic E-state index is 12.0. The Bertz CT molecular complexity index is 850. The Hall–Kier alpha value is -2.33. The van der Waals surface area contributed by atoms with Gasteiger partial charge in [-0.05, 0) is 48.5 Å². The van der Waals surface area contributed by atoms with Crippen LogP contribution in [-0.2, 0) is 13.1 Å². The van der Waals surface area contributed by atoms with Gasteiger partial charge < -0.3 is 25.2 Å². The van der Waals surface area contributed by atoms with E-state index >= 15 is 0 Å². The molecule has 0 aliphatic carbocycles. The van der Waals surface area contributed by atoms with Crippen LogP contribution in [0, 0.1) is 0 Å². The molecule has 0 aliphatic rings. The van der Waals surface area contributed by atoms with Crippen molar-refractivity contribution >= 4 is 35.8 Å². The van der Waals surface area contributed by atoms with Crippen molar-refractivity contribution in [1.29, 1.82) is 0 Å². The van der Waals surface area contributed by atoms with Gasteiger partial charge in [0, 0.05) is 46.3 Å². The molecule has 33 heavy (non-hydrogen) atoms. The summed E-state index contributed by atoms with van der Waals surface area (Å²) in [6, 6.07) is 15.7. The molecule has 0 spiro atoms. The normalized spacial score (nSPS) is 11.0. The SMILES string of the molecule is CCN(CC)CCOc1ccc(CNC(=NC)NCc2ccc(C(=O)N(C)C)cc2)cc1.I. The van der Waals surface area contributed by atoms with Crippen LogP contribution in [0.3, 0.4) is 0 Å². The zero-order valence-corrected chi connectivity index (χ0v) is 22.8. The van der Waals surface area contributed by atoms with Gasteiger partial charge in [0.25, 0.3) is 5.91 Å². The number of aliphatic imine (C=N–C) groups is 1. The summed E-state index contributed by atoms with van der Waals surface area (Å²) < 4.78 is 5.84. The first-order valence-corrected chi connectivity index (χ1v) is 11.2. The number of guanidine groups is 1. The number of ether oxygens (including phenoxy) is 1. The first-order chi connectivity index (χ1) is 15.5. The maximum atomic E-state index is 12.0. The first-order valence-electron chi connectivity index (χ1n) is 11.2. The number of benzene rings is 2. The summed E-state index contributed by atoms with van der Waals surface area (Å²) in [4.78, 5) is 20.2. The molecule has 0 radical (unpaired) electrons.